The Kier molecular flexibility index (Phi) is 6.91. The third-order valence-corrected chi connectivity index (χ3v) is 6.02. The number of hydrogen-bond donors (Lipinski definition) is 0. The third kappa shape index (κ3) is 5.16. The van der Waals surface area contributed by atoms with Crippen LogP contribution >= 0.6 is 0 Å². The van der Waals surface area contributed by atoms with Gasteiger partial charge in [0.05, 0.1) is 30.1 Å². The standard InChI is InChI=1S/C25H31N5O3/c1-17-15-22(33-28-17)20-16-26-25(29(2)3)27-24(20)21-7-5-6-14-30(21)23(31)13-10-18-8-11-19(32-4)12-9-18/h8-9,11-12,15-16,21H,5-7,10,13-14H2,1-4H3/t21-/m1/s1. The van der Waals surface area contributed by atoms with Gasteiger partial charge in [-0.25, -0.2) is 9.97 Å². The summed E-state index contributed by atoms with van der Waals surface area (Å²) in [5.74, 6) is 2.20. The Morgan fingerprint density at radius 3 is 2.70 bits per heavy atom. The zero-order valence-corrected chi connectivity index (χ0v) is 19.7. The number of aryl methyl sites for hydroxylation is 2. The molecule has 1 aliphatic heterocycles. The van der Waals surface area contributed by atoms with E-state index in [9.17, 15) is 4.79 Å². The van der Waals surface area contributed by atoms with E-state index in [0.717, 1.165) is 54.1 Å². The van der Waals surface area contributed by atoms with Crippen molar-refractivity contribution in [2.45, 2.75) is 45.1 Å². The second kappa shape index (κ2) is 10.0. The second-order valence-electron chi connectivity index (χ2n) is 8.64. The number of aromatic nitrogens is 3. The molecular weight excluding hydrogens is 418 g/mol. The summed E-state index contributed by atoms with van der Waals surface area (Å²) in [7, 11) is 5.48. The molecule has 0 aliphatic carbocycles. The van der Waals surface area contributed by atoms with Crippen molar-refractivity contribution in [1.82, 2.24) is 20.0 Å². The lowest BCUT2D eigenvalue weighted by Gasteiger charge is -2.36. The number of amides is 1. The number of rotatable bonds is 7. The predicted octanol–water partition coefficient (Wildman–Crippen LogP) is 4.20. The Bertz CT molecular complexity index is 1090. The zero-order valence-electron chi connectivity index (χ0n) is 19.7. The number of hydrogen-bond acceptors (Lipinski definition) is 7. The Morgan fingerprint density at radius 2 is 2.03 bits per heavy atom. The molecule has 1 fully saturated rings. The zero-order chi connectivity index (χ0) is 23.4. The summed E-state index contributed by atoms with van der Waals surface area (Å²) in [5, 5.41) is 4.04. The summed E-state index contributed by atoms with van der Waals surface area (Å²) in [6.45, 7) is 2.61. The van der Waals surface area contributed by atoms with Crippen LogP contribution in [0.1, 0.15) is 48.7 Å². The monoisotopic (exact) mass is 449 g/mol. The molecule has 0 unspecified atom stereocenters. The molecule has 0 bridgehead atoms. The maximum Gasteiger partial charge on any atom is 0.225 e. The fourth-order valence-corrected chi connectivity index (χ4v) is 4.24. The quantitative estimate of drug-likeness (QED) is 0.534. The van der Waals surface area contributed by atoms with Crippen molar-refractivity contribution < 1.29 is 14.1 Å². The molecule has 174 valence electrons. The van der Waals surface area contributed by atoms with Crippen molar-refractivity contribution in [3.63, 3.8) is 0 Å². The number of nitrogens with zero attached hydrogens (tertiary/aromatic N) is 5. The highest BCUT2D eigenvalue weighted by molar-refractivity contribution is 5.77. The van der Waals surface area contributed by atoms with Crippen LogP contribution in [0.3, 0.4) is 0 Å². The Labute approximate surface area is 194 Å². The van der Waals surface area contributed by atoms with Crippen molar-refractivity contribution in [2.24, 2.45) is 0 Å². The van der Waals surface area contributed by atoms with Crippen molar-refractivity contribution in [3.8, 4) is 17.1 Å². The van der Waals surface area contributed by atoms with Gasteiger partial charge in [-0.05, 0) is 50.3 Å². The van der Waals surface area contributed by atoms with E-state index in [2.05, 4.69) is 10.1 Å². The molecule has 0 N–H and O–H groups in total. The summed E-state index contributed by atoms with van der Waals surface area (Å²) < 4.78 is 10.8. The van der Waals surface area contributed by atoms with Crippen LogP contribution in [0.2, 0.25) is 0 Å². The summed E-state index contributed by atoms with van der Waals surface area (Å²) >= 11 is 0. The van der Waals surface area contributed by atoms with Gasteiger partial charge in [0.1, 0.15) is 5.75 Å². The van der Waals surface area contributed by atoms with Gasteiger partial charge < -0.3 is 19.1 Å². The fourth-order valence-electron chi connectivity index (χ4n) is 4.24. The topological polar surface area (TPSA) is 84.6 Å². The molecule has 0 radical (unpaired) electrons. The molecule has 8 nitrogen and oxygen atoms in total. The van der Waals surface area contributed by atoms with Crippen LogP contribution in [0, 0.1) is 6.92 Å². The first-order chi connectivity index (χ1) is 16.0. The van der Waals surface area contributed by atoms with E-state index in [1.54, 1.807) is 13.3 Å². The van der Waals surface area contributed by atoms with Crippen LogP contribution in [0.25, 0.3) is 11.3 Å². The minimum Gasteiger partial charge on any atom is -0.497 e. The first kappa shape index (κ1) is 22.8. The van der Waals surface area contributed by atoms with Gasteiger partial charge in [0.15, 0.2) is 5.76 Å². The van der Waals surface area contributed by atoms with Crippen LogP contribution in [0.15, 0.2) is 41.1 Å². The molecule has 1 amide bonds. The Balaban J connectivity index is 1.60. The maximum atomic E-state index is 13.4. The molecule has 3 aromatic rings. The highest BCUT2D eigenvalue weighted by atomic mass is 16.5. The molecule has 1 atom stereocenters. The normalized spacial score (nSPS) is 16.0. The van der Waals surface area contributed by atoms with E-state index in [0.29, 0.717) is 24.6 Å². The summed E-state index contributed by atoms with van der Waals surface area (Å²) in [6.07, 6.45) is 5.82. The van der Waals surface area contributed by atoms with Crippen molar-refractivity contribution in [2.75, 3.05) is 32.6 Å². The van der Waals surface area contributed by atoms with E-state index in [-0.39, 0.29) is 11.9 Å². The van der Waals surface area contributed by atoms with Crippen LogP contribution in [0.5, 0.6) is 5.75 Å². The number of anilines is 1. The minimum absolute atomic E-state index is 0.121. The molecule has 33 heavy (non-hydrogen) atoms. The number of benzene rings is 1. The largest absolute Gasteiger partial charge is 0.497 e. The number of ether oxygens (including phenoxy) is 1. The van der Waals surface area contributed by atoms with Gasteiger partial charge in [0.2, 0.25) is 11.9 Å². The first-order valence-electron chi connectivity index (χ1n) is 11.4. The smallest absolute Gasteiger partial charge is 0.225 e. The molecule has 1 aromatic carbocycles. The van der Waals surface area contributed by atoms with E-state index < -0.39 is 0 Å². The van der Waals surface area contributed by atoms with Gasteiger partial charge in [-0.1, -0.05) is 17.3 Å². The van der Waals surface area contributed by atoms with Gasteiger partial charge in [-0.2, -0.15) is 0 Å². The lowest BCUT2D eigenvalue weighted by Crippen LogP contribution is -2.39. The van der Waals surface area contributed by atoms with Crippen LogP contribution in [-0.2, 0) is 11.2 Å². The Hall–Kier alpha value is -3.42. The second-order valence-corrected chi connectivity index (χ2v) is 8.64. The summed E-state index contributed by atoms with van der Waals surface area (Å²) in [4.78, 5) is 26.6. The lowest BCUT2D eigenvalue weighted by molar-refractivity contribution is -0.135. The molecule has 8 heteroatoms. The number of likely N-dealkylation sites (tertiary alicyclic amines) is 1. The van der Waals surface area contributed by atoms with Gasteiger partial charge in [0.25, 0.3) is 0 Å². The van der Waals surface area contributed by atoms with E-state index in [1.807, 2.05) is 61.2 Å². The first-order valence-corrected chi connectivity index (χ1v) is 11.4. The van der Waals surface area contributed by atoms with Crippen LogP contribution < -0.4 is 9.64 Å². The van der Waals surface area contributed by atoms with Crippen LogP contribution in [-0.4, -0.2) is 53.7 Å². The van der Waals surface area contributed by atoms with Gasteiger partial charge in [0, 0.05) is 39.3 Å². The van der Waals surface area contributed by atoms with Gasteiger partial charge in [-0.15, -0.1) is 0 Å². The molecule has 1 aliphatic rings. The summed E-state index contributed by atoms with van der Waals surface area (Å²) in [5.41, 5.74) is 3.53. The number of carbonyl (C=O) groups is 1. The van der Waals surface area contributed by atoms with Gasteiger partial charge in [-0.3, -0.25) is 4.79 Å². The number of piperidine rings is 1. The van der Waals surface area contributed by atoms with Crippen molar-refractivity contribution in [1.29, 1.82) is 0 Å². The molecule has 3 heterocycles. The van der Waals surface area contributed by atoms with E-state index in [1.165, 1.54) is 0 Å². The van der Waals surface area contributed by atoms with Gasteiger partial charge >= 0.3 is 0 Å². The third-order valence-electron chi connectivity index (χ3n) is 6.02. The fraction of sp³-hybridized carbons (Fsp3) is 0.440. The highest BCUT2D eigenvalue weighted by Gasteiger charge is 2.32. The Morgan fingerprint density at radius 1 is 1.24 bits per heavy atom. The van der Waals surface area contributed by atoms with Crippen molar-refractivity contribution >= 4 is 11.9 Å². The predicted molar refractivity (Wildman–Crippen MR) is 126 cm³/mol. The van der Waals surface area contributed by atoms with E-state index in [4.69, 9.17) is 14.2 Å². The average molecular weight is 450 g/mol. The molecule has 1 saturated heterocycles. The van der Waals surface area contributed by atoms with Crippen LogP contribution in [0.4, 0.5) is 5.95 Å². The number of carbonyl (C=O) groups excluding carboxylic acids is 1. The lowest BCUT2D eigenvalue weighted by atomic mass is 9.95. The molecule has 4 rings (SSSR count). The molecule has 0 saturated carbocycles. The van der Waals surface area contributed by atoms with Crippen molar-refractivity contribution in [3.05, 3.63) is 53.5 Å². The summed E-state index contributed by atoms with van der Waals surface area (Å²) in [6, 6.07) is 9.65. The van der Waals surface area contributed by atoms with E-state index >= 15 is 0 Å². The molecule has 2 aromatic heterocycles. The average Bonchev–Trinajstić information content (AvgIpc) is 3.28. The minimum atomic E-state index is -0.121. The number of methoxy groups -OCH3 is 1. The molecule has 0 spiro atoms. The molecular formula is C25H31N5O3. The maximum absolute atomic E-state index is 13.4. The highest BCUT2D eigenvalue weighted by Crippen LogP contribution is 2.37. The SMILES string of the molecule is COc1ccc(CCC(=O)N2CCCC[C@@H]2c2nc(N(C)C)ncc2-c2cc(C)no2)cc1.